The Morgan fingerprint density at radius 1 is 1.07 bits per heavy atom. The molecule has 1 fully saturated rings. The van der Waals surface area contributed by atoms with Crippen LogP contribution in [0.15, 0.2) is 54.7 Å². The summed E-state index contributed by atoms with van der Waals surface area (Å²) in [5, 5.41) is 11.6. The second kappa shape index (κ2) is 7.02. The highest BCUT2D eigenvalue weighted by Gasteiger charge is 2.48. The van der Waals surface area contributed by atoms with E-state index in [0.29, 0.717) is 18.1 Å². The SMILES string of the molecule is Cc1ccc(-c2ccc(NCC3(c4ncccc4F)CC(F)C3)nn2)cc1. The summed E-state index contributed by atoms with van der Waals surface area (Å²) in [6.45, 7) is 2.39. The van der Waals surface area contributed by atoms with Crippen molar-refractivity contribution < 1.29 is 8.78 Å². The molecule has 1 aliphatic rings. The molecule has 1 saturated carbocycles. The molecule has 2 aromatic heterocycles. The highest BCUT2D eigenvalue weighted by atomic mass is 19.1. The molecule has 1 aromatic carbocycles. The first-order valence-corrected chi connectivity index (χ1v) is 8.95. The maximum Gasteiger partial charge on any atom is 0.148 e. The summed E-state index contributed by atoms with van der Waals surface area (Å²) in [4.78, 5) is 4.16. The van der Waals surface area contributed by atoms with Gasteiger partial charge in [0, 0.05) is 23.7 Å². The maximum atomic E-state index is 14.2. The molecular formula is C21H20F2N4. The number of aromatic nitrogens is 3. The summed E-state index contributed by atoms with van der Waals surface area (Å²) in [5.74, 6) is 0.177. The van der Waals surface area contributed by atoms with Gasteiger partial charge in [-0.15, -0.1) is 10.2 Å². The van der Waals surface area contributed by atoms with Gasteiger partial charge in [-0.3, -0.25) is 4.98 Å². The Morgan fingerprint density at radius 2 is 1.85 bits per heavy atom. The number of rotatable bonds is 5. The van der Waals surface area contributed by atoms with Crippen molar-refractivity contribution in [3.8, 4) is 11.3 Å². The average molecular weight is 366 g/mol. The number of alkyl halides is 1. The van der Waals surface area contributed by atoms with Gasteiger partial charge in [0.1, 0.15) is 17.8 Å². The fourth-order valence-corrected chi connectivity index (χ4v) is 3.55. The normalized spacial score (nSPS) is 21.5. The van der Waals surface area contributed by atoms with Gasteiger partial charge < -0.3 is 5.32 Å². The molecule has 0 aliphatic heterocycles. The van der Waals surface area contributed by atoms with E-state index in [1.54, 1.807) is 12.3 Å². The molecule has 0 unspecified atom stereocenters. The van der Waals surface area contributed by atoms with E-state index >= 15 is 0 Å². The first-order valence-electron chi connectivity index (χ1n) is 8.95. The summed E-state index contributed by atoms with van der Waals surface area (Å²) < 4.78 is 27.8. The molecule has 27 heavy (non-hydrogen) atoms. The molecule has 0 radical (unpaired) electrons. The van der Waals surface area contributed by atoms with Crippen LogP contribution in [0.3, 0.4) is 0 Å². The van der Waals surface area contributed by atoms with Crippen molar-refractivity contribution in [2.75, 3.05) is 11.9 Å². The Kier molecular flexibility index (Phi) is 4.56. The Morgan fingerprint density at radius 3 is 2.48 bits per heavy atom. The van der Waals surface area contributed by atoms with Gasteiger partial charge >= 0.3 is 0 Å². The molecule has 0 saturated heterocycles. The van der Waals surface area contributed by atoms with Crippen LogP contribution in [0, 0.1) is 12.7 Å². The Labute approximate surface area is 156 Å². The van der Waals surface area contributed by atoms with Crippen molar-refractivity contribution >= 4 is 5.82 Å². The summed E-state index contributed by atoms with van der Waals surface area (Å²) in [6.07, 6.45) is 1.12. The minimum atomic E-state index is -0.928. The zero-order chi connectivity index (χ0) is 18.9. The maximum absolute atomic E-state index is 14.2. The number of anilines is 1. The molecule has 0 spiro atoms. The highest BCUT2D eigenvalue weighted by Crippen LogP contribution is 2.45. The van der Waals surface area contributed by atoms with E-state index in [2.05, 4.69) is 20.5 Å². The molecule has 0 amide bonds. The van der Waals surface area contributed by atoms with Crippen LogP contribution < -0.4 is 5.32 Å². The topological polar surface area (TPSA) is 50.7 Å². The van der Waals surface area contributed by atoms with Crippen LogP contribution in [-0.4, -0.2) is 27.9 Å². The van der Waals surface area contributed by atoms with E-state index in [0.717, 1.165) is 11.3 Å². The summed E-state index contributed by atoms with van der Waals surface area (Å²) >= 11 is 0. The van der Waals surface area contributed by atoms with Crippen LogP contribution in [0.2, 0.25) is 0 Å². The van der Waals surface area contributed by atoms with Gasteiger partial charge in [0.2, 0.25) is 0 Å². The molecule has 1 aliphatic carbocycles. The number of nitrogens with zero attached hydrogens (tertiary/aromatic N) is 3. The van der Waals surface area contributed by atoms with Crippen molar-refractivity contribution in [1.82, 2.24) is 15.2 Å². The molecule has 2 heterocycles. The minimum Gasteiger partial charge on any atom is -0.368 e. The third-order valence-corrected chi connectivity index (χ3v) is 5.11. The van der Waals surface area contributed by atoms with Gasteiger partial charge in [-0.1, -0.05) is 29.8 Å². The molecule has 6 heteroatoms. The zero-order valence-corrected chi connectivity index (χ0v) is 15.0. The van der Waals surface area contributed by atoms with Crippen molar-refractivity contribution in [2.24, 2.45) is 0 Å². The predicted molar refractivity (Wildman–Crippen MR) is 101 cm³/mol. The third kappa shape index (κ3) is 3.52. The third-order valence-electron chi connectivity index (χ3n) is 5.11. The van der Waals surface area contributed by atoms with E-state index in [1.165, 1.54) is 11.6 Å². The molecule has 0 bridgehead atoms. The highest BCUT2D eigenvalue weighted by molar-refractivity contribution is 5.59. The van der Waals surface area contributed by atoms with Crippen LogP contribution in [0.4, 0.5) is 14.6 Å². The van der Waals surface area contributed by atoms with Crippen LogP contribution in [-0.2, 0) is 5.41 Å². The molecule has 0 atom stereocenters. The number of pyridine rings is 1. The Hall–Kier alpha value is -2.89. The van der Waals surface area contributed by atoms with Crippen molar-refractivity contribution in [3.05, 3.63) is 71.8 Å². The lowest BCUT2D eigenvalue weighted by Crippen LogP contribution is -2.49. The molecular weight excluding hydrogens is 346 g/mol. The standard InChI is InChI=1S/C21H20F2N4/c1-14-4-6-15(7-5-14)18-8-9-19(27-26-18)25-13-21(11-16(22)12-21)20-17(23)3-2-10-24-20/h2-10,16H,11-13H2,1H3,(H,25,27). The summed E-state index contributed by atoms with van der Waals surface area (Å²) in [6, 6.07) is 14.7. The molecule has 138 valence electrons. The van der Waals surface area contributed by atoms with Crippen molar-refractivity contribution in [3.63, 3.8) is 0 Å². The second-order valence-electron chi connectivity index (χ2n) is 7.14. The van der Waals surface area contributed by atoms with E-state index in [4.69, 9.17) is 0 Å². The van der Waals surface area contributed by atoms with Gasteiger partial charge in [0.15, 0.2) is 0 Å². The minimum absolute atomic E-state index is 0.253. The largest absolute Gasteiger partial charge is 0.368 e. The van der Waals surface area contributed by atoms with Crippen LogP contribution >= 0.6 is 0 Å². The van der Waals surface area contributed by atoms with E-state index in [9.17, 15) is 8.78 Å². The summed E-state index contributed by atoms with van der Waals surface area (Å²) in [7, 11) is 0. The summed E-state index contributed by atoms with van der Waals surface area (Å²) in [5.41, 5.74) is 2.62. The lowest BCUT2D eigenvalue weighted by atomic mass is 9.65. The first kappa shape index (κ1) is 17.5. The fourth-order valence-electron chi connectivity index (χ4n) is 3.55. The Bertz CT molecular complexity index is 920. The number of nitrogens with one attached hydrogen (secondary N) is 1. The number of hydrogen-bond acceptors (Lipinski definition) is 4. The van der Waals surface area contributed by atoms with E-state index in [1.807, 2.05) is 43.3 Å². The monoisotopic (exact) mass is 366 g/mol. The lowest BCUT2D eigenvalue weighted by molar-refractivity contribution is 0.0964. The fraction of sp³-hybridized carbons (Fsp3) is 0.286. The van der Waals surface area contributed by atoms with Gasteiger partial charge in [-0.25, -0.2) is 8.78 Å². The Balaban J connectivity index is 1.49. The number of benzene rings is 1. The van der Waals surface area contributed by atoms with Crippen LogP contribution in [0.1, 0.15) is 24.1 Å². The predicted octanol–water partition coefficient (Wildman–Crippen LogP) is 4.47. The quantitative estimate of drug-likeness (QED) is 0.724. The van der Waals surface area contributed by atoms with Gasteiger partial charge in [0.05, 0.1) is 11.4 Å². The van der Waals surface area contributed by atoms with Crippen molar-refractivity contribution in [2.45, 2.75) is 31.4 Å². The lowest BCUT2D eigenvalue weighted by Gasteiger charge is -2.44. The molecule has 4 nitrogen and oxygen atoms in total. The smallest absolute Gasteiger partial charge is 0.148 e. The van der Waals surface area contributed by atoms with Gasteiger partial charge in [-0.05, 0) is 44.0 Å². The second-order valence-corrected chi connectivity index (χ2v) is 7.14. The van der Waals surface area contributed by atoms with E-state index in [-0.39, 0.29) is 12.8 Å². The van der Waals surface area contributed by atoms with Crippen molar-refractivity contribution in [1.29, 1.82) is 0 Å². The van der Waals surface area contributed by atoms with Gasteiger partial charge in [0.25, 0.3) is 0 Å². The number of halogens is 2. The molecule has 1 N–H and O–H groups in total. The van der Waals surface area contributed by atoms with E-state index < -0.39 is 17.4 Å². The zero-order valence-electron chi connectivity index (χ0n) is 15.0. The van der Waals surface area contributed by atoms with Crippen LogP contribution in [0.25, 0.3) is 11.3 Å². The molecule has 3 aromatic rings. The number of hydrogen-bond donors (Lipinski definition) is 1. The number of aryl methyl sites for hydroxylation is 1. The molecule has 4 rings (SSSR count). The average Bonchev–Trinajstić information content (AvgIpc) is 2.66. The van der Waals surface area contributed by atoms with Crippen LogP contribution in [0.5, 0.6) is 0 Å². The van der Waals surface area contributed by atoms with Gasteiger partial charge in [-0.2, -0.15) is 0 Å². The first-order chi connectivity index (χ1) is 13.1.